The highest BCUT2D eigenvalue weighted by atomic mass is 35.5. The van der Waals surface area contributed by atoms with Gasteiger partial charge in [-0.1, -0.05) is 12.1 Å². The van der Waals surface area contributed by atoms with Crippen LogP contribution in [-0.2, 0) is 19.6 Å². The Bertz CT molecular complexity index is 589. The number of amides is 1. The van der Waals surface area contributed by atoms with Gasteiger partial charge in [-0.3, -0.25) is 4.79 Å². The lowest BCUT2D eigenvalue weighted by molar-refractivity contribution is -0.124. The van der Waals surface area contributed by atoms with Gasteiger partial charge in [0.2, 0.25) is 15.9 Å². The van der Waals surface area contributed by atoms with E-state index in [1.54, 1.807) is 12.1 Å². The number of methoxy groups -OCH3 is 1. The molecule has 0 heterocycles. The van der Waals surface area contributed by atoms with Crippen molar-refractivity contribution in [2.45, 2.75) is 30.4 Å². The summed E-state index contributed by atoms with van der Waals surface area (Å²) in [6.07, 6.45) is -0.126. The van der Waals surface area contributed by atoms with Crippen LogP contribution in [0.1, 0.15) is 24.9 Å². The first kappa shape index (κ1) is 21.8. The molecule has 7 nitrogen and oxygen atoms in total. The number of carbonyl (C=O) groups excluding carboxylic acids is 1. The van der Waals surface area contributed by atoms with Crippen LogP contribution in [0.3, 0.4) is 0 Å². The van der Waals surface area contributed by atoms with Crippen molar-refractivity contribution in [3.05, 3.63) is 29.8 Å². The van der Waals surface area contributed by atoms with Gasteiger partial charge in [-0.2, -0.15) is 0 Å². The number of hydrogen-bond donors (Lipinski definition) is 3. The van der Waals surface area contributed by atoms with E-state index in [-0.39, 0.29) is 48.3 Å². The molecular weight excluding hydrogens is 342 g/mol. The molecule has 1 rings (SSSR count). The van der Waals surface area contributed by atoms with Crippen LogP contribution in [0.2, 0.25) is 0 Å². The largest absolute Gasteiger partial charge is 0.380 e. The van der Waals surface area contributed by atoms with Gasteiger partial charge in [-0.15, -0.1) is 12.4 Å². The lowest BCUT2D eigenvalue weighted by Gasteiger charge is -2.17. The number of nitrogens with two attached hydrogens (primary N) is 1. The summed E-state index contributed by atoms with van der Waals surface area (Å²) in [6, 6.07) is 6.11. The van der Waals surface area contributed by atoms with Crippen LogP contribution in [0, 0.1) is 0 Å². The first-order chi connectivity index (χ1) is 10.3. The van der Waals surface area contributed by atoms with Crippen LogP contribution in [0.5, 0.6) is 0 Å². The second kappa shape index (κ2) is 9.84. The molecule has 0 radical (unpaired) electrons. The number of carbonyl (C=O) groups is 1. The first-order valence-corrected chi connectivity index (χ1v) is 8.38. The Balaban J connectivity index is 0.00000484. The normalized spacial score (nSPS) is 13.7. The Hall–Kier alpha value is -1.19. The highest BCUT2D eigenvalue weighted by Gasteiger charge is 2.16. The first-order valence-electron chi connectivity index (χ1n) is 6.89. The van der Waals surface area contributed by atoms with Crippen LogP contribution >= 0.6 is 12.4 Å². The van der Waals surface area contributed by atoms with E-state index in [2.05, 4.69) is 10.0 Å². The van der Waals surface area contributed by atoms with Crippen molar-refractivity contribution in [1.82, 2.24) is 10.0 Å². The molecule has 1 amide bonds. The molecule has 2 unspecified atom stereocenters. The van der Waals surface area contributed by atoms with E-state index in [1.165, 1.54) is 26.3 Å². The molecule has 9 heteroatoms. The van der Waals surface area contributed by atoms with Crippen LogP contribution in [0.25, 0.3) is 0 Å². The number of halogens is 1. The molecule has 0 aliphatic rings. The SMILES string of the molecule is CNS(=O)(=O)c1ccc(C(C)NC(=O)CC(CN)OC)cc1.Cl. The summed E-state index contributed by atoms with van der Waals surface area (Å²) >= 11 is 0. The zero-order valence-electron chi connectivity index (χ0n) is 13.4. The van der Waals surface area contributed by atoms with Crippen LogP contribution in [0.4, 0.5) is 0 Å². The molecule has 0 fully saturated rings. The van der Waals surface area contributed by atoms with E-state index in [1.807, 2.05) is 6.92 Å². The molecule has 0 spiro atoms. The van der Waals surface area contributed by atoms with Gasteiger partial charge in [-0.25, -0.2) is 13.1 Å². The molecule has 0 saturated heterocycles. The second-order valence-corrected chi connectivity index (χ2v) is 6.75. The molecule has 1 aromatic rings. The van der Waals surface area contributed by atoms with E-state index < -0.39 is 10.0 Å². The Morgan fingerprint density at radius 2 is 1.87 bits per heavy atom. The van der Waals surface area contributed by atoms with E-state index in [0.29, 0.717) is 0 Å². The summed E-state index contributed by atoms with van der Waals surface area (Å²) in [5, 5.41) is 2.83. The summed E-state index contributed by atoms with van der Waals surface area (Å²) in [7, 11) is -0.588. The molecule has 4 N–H and O–H groups in total. The van der Waals surface area contributed by atoms with Gasteiger partial charge in [-0.05, 0) is 31.7 Å². The summed E-state index contributed by atoms with van der Waals surface area (Å²) < 4.78 is 30.6. The zero-order chi connectivity index (χ0) is 16.8. The van der Waals surface area contributed by atoms with Crippen molar-refractivity contribution in [3.63, 3.8) is 0 Å². The minimum Gasteiger partial charge on any atom is -0.380 e. The van der Waals surface area contributed by atoms with Gasteiger partial charge in [0.05, 0.1) is 23.5 Å². The highest BCUT2D eigenvalue weighted by Crippen LogP contribution is 2.16. The van der Waals surface area contributed by atoms with Crippen molar-refractivity contribution in [1.29, 1.82) is 0 Å². The van der Waals surface area contributed by atoms with E-state index in [9.17, 15) is 13.2 Å². The third-order valence-corrected chi connectivity index (χ3v) is 4.78. The number of ether oxygens (including phenoxy) is 1. The number of sulfonamides is 1. The predicted molar refractivity (Wildman–Crippen MR) is 91.0 cm³/mol. The zero-order valence-corrected chi connectivity index (χ0v) is 15.0. The van der Waals surface area contributed by atoms with Gasteiger partial charge < -0.3 is 15.8 Å². The van der Waals surface area contributed by atoms with Crippen molar-refractivity contribution in [3.8, 4) is 0 Å². The number of nitrogens with one attached hydrogen (secondary N) is 2. The van der Waals surface area contributed by atoms with Crippen LogP contribution < -0.4 is 15.8 Å². The molecule has 2 atom stereocenters. The summed E-state index contributed by atoms with van der Waals surface area (Å²) in [6.45, 7) is 2.10. The molecule has 23 heavy (non-hydrogen) atoms. The third-order valence-electron chi connectivity index (χ3n) is 3.35. The molecule has 0 bridgehead atoms. The molecule has 0 aromatic heterocycles. The van der Waals surface area contributed by atoms with Crippen molar-refractivity contribution in [2.24, 2.45) is 5.73 Å². The number of rotatable bonds is 8. The minimum atomic E-state index is -3.45. The highest BCUT2D eigenvalue weighted by molar-refractivity contribution is 7.89. The standard InChI is InChI=1S/C14H23N3O4S.ClH/c1-10(17-14(18)8-12(9-15)21-3)11-4-6-13(7-5-11)22(19,20)16-2;/h4-7,10,12,16H,8-9,15H2,1-3H3,(H,17,18);1H. The lowest BCUT2D eigenvalue weighted by Crippen LogP contribution is -2.33. The van der Waals surface area contributed by atoms with E-state index in [0.717, 1.165) is 5.56 Å². The van der Waals surface area contributed by atoms with Gasteiger partial charge in [0.25, 0.3) is 0 Å². The minimum absolute atomic E-state index is 0. The average Bonchev–Trinajstić information content (AvgIpc) is 2.52. The van der Waals surface area contributed by atoms with E-state index >= 15 is 0 Å². The fourth-order valence-corrected chi connectivity index (χ4v) is 2.64. The van der Waals surface area contributed by atoms with Crippen LogP contribution in [-0.4, -0.2) is 41.1 Å². The Labute approximate surface area is 143 Å². The average molecular weight is 366 g/mol. The second-order valence-electron chi connectivity index (χ2n) is 4.86. The van der Waals surface area contributed by atoms with Gasteiger partial charge in [0, 0.05) is 13.7 Å². The lowest BCUT2D eigenvalue weighted by atomic mass is 10.1. The molecular formula is C14H24ClN3O4S. The maximum absolute atomic E-state index is 11.9. The third kappa shape index (κ3) is 6.44. The Morgan fingerprint density at radius 3 is 2.30 bits per heavy atom. The summed E-state index contributed by atoms with van der Waals surface area (Å²) in [4.78, 5) is 12.1. The number of hydrogen-bond acceptors (Lipinski definition) is 5. The summed E-state index contributed by atoms with van der Waals surface area (Å²) in [5.74, 6) is -0.170. The van der Waals surface area contributed by atoms with Gasteiger partial charge in [0.1, 0.15) is 0 Å². The predicted octanol–water partition coefficient (Wildman–Crippen LogP) is 0.558. The molecule has 132 valence electrons. The topological polar surface area (TPSA) is 111 Å². The van der Waals surface area contributed by atoms with Gasteiger partial charge >= 0.3 is 0 Å². The number of benzene rings is 1. The fourth-order valence-electron chi connectivity index (χ4n) is 1.91. The smallest absolute Gasteiger partial charge is 0.240 e. The van der Waals surface area contributed by atoms with Crippen molar-refractivity contribution in [2.75, 3.05) is 20.7 Å². The van der Waals surface area contributed by atoms with Gasteiger partial charge in [0.15, 0.2) is 0 Å². The fraction of sp³-hybridized carbons (Fsp3) is 0.500. The molecule has 1 aromatic carbocycles. The quantitative estimate of drug-likeness (QED) is 0.623. The van der Waals surface area contributed by atoms with E-state index in [4.69, 9.17) is 10.5 Å². The maximum Gasteiger partial charge on any atom is 0.240 e. The molecule has 0 aliphatic heterocycles. The maximum atomic E-state index is 11.9. The van der Waals surface area contributed by atoms with Crippen LogP contribution in [0.15, 0.2) is 29.2 Å². The van der Waals surface area contributed by atoms with Crippen molar-refractivity contribution >= 4 is 28.3 Å². The Morgan fingerprint density at radius 1 is 1.30 bits per heavy atom. The Kier molecular flexibility index (Phi) is 9.33. The summed E-state index contributed by atoms with van der Waals surface area (Å²) in [5.41, 5.74) is 6.29. The molecule has 0 saturated carbocycles. The van der Waals surface area contributed by atoms with Crippen molar-refractivity contribution < 1.29 is 17.9 Å². The monoisotopic (exact) mass is 365 g/mol. The molecule has 0 aliphatic carbocycles.